The Morgan fingerprint density at radius 2 is 2.00 bits per heavy atom. The Bertz CT molecular complexity index is 450. The minimum atomic E-state index is 0.114. The highest BCUT2D eigenvalue weighted by molar-refractivity contribution is 9.10. The van der Waals surface area contributed by atoms with Crippen LogP contribution in [0, 0.1) is 6.92 Å². The van der Waals surface area contributed by atoms with Crippen LogP contribution in [0.25, 0.3) is 0 Å². The van der Waals surface area contributed by atoms with Gasteiger partial charge in [-0.15, -0.1) is 0 Å². The van der Waals surface area contributed by atoms with Crippen molar-refractivity contribution in [1.82, 2.24) is 0 Å². The maximum Gasteiger partial charge on any atom is 0.175 e. The van der Waals surface area contributed by atoms with E-state index >= 15 is 0 Å². The summed E-state index contributed by atoms with van der Waals surface area (Å²) >= 11 is 3.67. The van der Waals surface area contributed by atoms with Crippen molar-refractivity contribution in [3.8, 4) is 11.5 Å². The zero-order valence-electron chi connectivity index (χ0n) is 11.2. The van der Waals surface area contributed by atoms with Crippen molar-refractivity contribution < 1.29 is 9.47 Å². The van der Waals surface area contributed by atoms with Crippen LogP contribution in [-0.2, 0) is 5.41 Å². The molecule has 0 amide bonds. The first-order valence-electron chi connectivity index (χ1n) is 6.21. The third-order valence-corrected chi connectivity index (χ3v) is 4.80. The van der Waals surface area contributed by atoms with E-state index in [0.717, 1.165) is 28.8 Å². The molecular weight excluding hydrogens is 294 g/mol. The molecule has 0 atom stereocenters. The molecule has 0 bridgehead atoms. The summed E-state index contributed by atoms with van der Waals surface area (Å²) in [5, 5.41) is 0. The molecule has 1 aliphatic rings. The first-order chi connectivity index (χ1) is 8.59. The van der Waals surface area contributed by atoms with Crippen molar-refractivity contribution in [3.05, 3.63) is 21.7 Å². The standard InChI is InChI=1S/C14H20BrNO2/c1-9-7-10(17-2)13(18-3)12(15)11(9)14(8-16)5-4-6-14/h7H,4-6,8,16H2,1-3H3. The van der Waals surface area contributed by atoms with Gasteiger partial charge in [-0.1, -0.05) is 6.42 Å². The van der Waals surface area contributed by atoms with Gasteiger partial charge >= 0.3 is 0 Å². The van der Waals surface area contributed by atoms with E-state index in [2.05, 4.69) is 22.9 Å². The fraction of sp³-hybridized carbons (Fsp3) is 0.571. The molecule has 0 spiro atoms. The second-order valence-electron chi connectivity index (χ2n) is 4.96. The molecule has 1 saturated carbocycles. The number of benzene rings is 1. The summed E-state index contributed by atoms with van der Waals surface area (Å²) in [6, 6.07) is 2.04. The lowest BCUT2D eigenvalue weighted by molar-refractivity contribution is 0.248. The van der Waals surface area contributed by atoms with Crippen LogP contribution in [0.1, 0.15) is 30.4 Å². The number of hydrogen-bond acceptors (Lipinski definition) is 3. The van der Waals surface area contributed by atoms with Crippen LogP contribution in [-0.4, -0.2) is 20.8 Å². The highest BCUT2D eigenvalue weighted by Crippen LogP contribution is 2.51. The van der Waals surface area contributed by atoms with Crippen LogP contribution in [0.4, 0.5) is 0 Å². The molecule has 2 N–H and O–H groups in total. The Labute approximate surface area is 117 Å². The van der Waals surface area contributed by atoms with E-state index in [0.29, 0.717) is 6.54 Å². The zero-order chi connectivity index (χ0) is 13.3. The van der Waals surface area contributed by atoms with Crippen molar-refractivity contribution in [3.63, 3.8) is 0 Å². The summed E-state index contributed by atoms with van der Waals surface area (Å²) in [6.45, 7) is 2.79. The van der Waals surface area contributed by atoms with Crippen molar-refractivity contribution in [2.24, 2.45) is 5.73 Å². The van der Waals surface area contributed by atoms with Crippen LogP contribution in [0.15, 0.2) is 10.5 Å². The van der Waals surface area contributed by atoms with E-state index in [4.69, 9.17) is 15.2 Å². The molecule has 18 heavy (non-hydrogen) atoms. The van der Waals surface area contributed by atoms with Gasteiger partial charge in [-0.05, 0) is 52.9 Å². The molecule has 0 radical (unpaired) electrons. The van der Waals surface area contributed by atoms with Gasteiger partial charge in [0.2, 0.25) is 0 Å². The molecule has 0 unspecified atom stereocenters. The van der Waals surface area contributed by atoms with Gasteiger partial charge in [0.15, 0.2) is 11.5 Å². The average molecular weight is 314 g/mol. The van der Waals surface area contributed by atoms with Gasteiger partial charge < -0.3 is 15.2 Å². The van der Waals surface area contributed by atoms with Crippen LogP contribution in [0.2, 0.25) is 0 Å². The maximum absolute atomic E-state index is 6.01. The highest BCUT2D eigenvalue weighted by atomic mass is 79.9. The third kappa shape index (κ3) is 1.91. The number of hydrogen-bond donors (Lipinski definition) is 1. The van der Waals surface area contributed by atoms with Crippen LogP contribution in [0.5, 0.6) is 11.5 Å². The van der Waals surface area contributed by atoms with Crippen molar-refractivity contribution >= 4 is 15.9 Å². The number of rotatable bonds is 4. The Morgan fingerprint density at radius 1 is 1.33 bits per heavy atom. The number of aryl methyl sites for hydroxylation is 1. The Kier molecular flexibility index (Phi) is 3.87. The molecule has 3 nitrogen and oxygen atoms in total. The number of nitrogens with two attached hydrogens (primary N) is 1. The summed E-state index contributed by atoms with van der Waals surface area (Å²) in [5.74, 6) is 1.52. The Morgan fingerprint density at radius 3 is 2.39 bits per heavy atom. The first kappa shape index (κ1) is 13.7. The summed E-state index contributed by atoms with van der Waals surface area (Å²) in [7, 11) is 3.32. The molecule has 0 saturated heterocycles. The molecule has 1 aliphatic carbocycles. The van der Waals surface area contributed by atoms with Gasteiger partial charge in [-0.3, -0.25) is 0 Å². The number of methoxy groups -OCH3 is 2. The van der Waals surface area contributed by atoms with Gasteiger partial charge in [-0.2, -0.15) is 0 Å². The Hall–Kier alpha value is -0.740. The molecule has 100 valence electrons. The monoisotopic (exact) mass is 313 g/mol. The van der Waals surface area contributed by atoms with E-state index in [1.807, 2.05) is 6.07 Å². The van der Waals surface area contributed by atoms with Crippen LogP contribution in [0.3, 0.4) is 0 Å². The highest BCUT2D eigenvalue weighted by Gasteiger charge is 2.41. The predicted octanol–water partition coefficient (Wildman–Crippen LogP) is 3.16. The lowest BCUT2D eigenvalue weighted by Gasteiger charge is -2.43. The van der Waals surface area contributed by atoms with E-state index < -0.39 is 0 Å². The number of halogens is 1. The fourth-order valence-corrected chi connectivity index (χ4v) is 3.97. The molecule has 1 aromatic carbocycles. The summed E-state index contributed by atoms with van der Waals surface area (Å²) in [5.41, 5.74) is 8.62. The molecule has 4 heteroatoms. The second-order valence-corrected chi connectivity index (χ2v) is 5.75. The summed E-state index contributed by atoms with van der Waals surface area (Å²) in [6.07, 6.45) is 3.55. The van der Waals surface area contributed by atoms with Gasteiger partial charge in [-0.25, -0.2) is 0 Å². The molecule has 1 fully saturated rings. The summed E-state index contributed by atoms with van der Waals surface area (Å²) < 4.78 is 11.8. The SMILES string of the molecule is COc1cc(C)c(C2(CN)CCC2)c(Br)c1OC. The zero-order valence-corrected chi connectivity index (χ0v) is 12.8. The largest absolute Gasteiger partial charge is 0.493 e. The minimum absolute atomic E-state index is 0.114. The van der Waals surface area contributed by atoms with E-state index in [-0.39, 0.29) is 5.41 Å². The number of ether oxygens (including phenoxy) is 2. The normalized spacial score (nSPS) is 17.2. The molecule has 0 aromatic heterocycles. The Balaban J connectivity index is 2.61. The topological polar surface area (TPSA) is 44.5 Å². The van der Waals surface area contributed by atoms with E-state index in [1.165, 1.54) is 17.5 Å². The van der Waals surface area contributed by atoms with Gasteiger partial charge in [0.1, 0.15) is 0 Å². The van der Waals surface area contributed by atoms with Gasteiger partial charge in [0, 0.05) is 12.0 Å². The molecule has 1 aromatic rings. The van der Waals surface area contributed by atoms with Crippen LogP contribution < -0.4 is 15.2 Å². The van der Waals surface area contributed by atoms with Crippen molar-refractivity contribution in [1.29, 1.82) is 0 Å². The van der Waals surface area contributed by atoms with Crippen molar-refractivity contribution in [2.45, 2.75) is 31.6 Å². The summed E-state index contributed by atoms with van der Waals surface area (Å²) in [4.78, 5) is 0. The minimum Gasteiger partial charge on any atom is -0.493 e. The molecule has 0 aliphatic heterocycles. The van der Waals surface area contributed by atoms with Crippen LogP contribution >= 0.6 is 15.9 Å². The van der Waals surface area contributed by atoms with Gasteiger partial charge in [0.05, 0.1) is 18.7 Å². The molecule has 0 heterocycles. The van der Waals surface area contributed by atoms with Crippen molar-refractivity contribution in [2.75, 3.05) is 20.8 Å². The fourth-order valence-electron chi connectivity index (χ4n) is 2.88. The smallest absolute Gasteiger partial charge is 0.175 e. The third-order valence-electron chi connectivity index (χ3n) is 4.04. The lowest BCUT2D eigenvalue weighted by atomic mass is 9.63. The average Bonchev–Trinajstić information content (AvgIpc) is 2.31. The maximum atomic E-state index is 6.01. The second kappa shape index (κ2) is 5.10. The predicted molar refractivity (Wildman–Crippen MR) is 76.6 cm³/mol. The van der Waals surface area contributed by atoms with E-state index in [1.54, 1.807) is 14.2 Å². The molecular formula is C14H20BrNO2. The molecule has 2 rings (SSSR count). The quantitative estimate of drug-likeness (QED) is 0.928. The lowest BCUT2D eigenvalue weighted by Crippen LogP contribution is -2.42. The van der Waals surface area contributed by atoms with Gasteiger partial charge in [0.25, 0.3) is 0 Å². The first-order valence-corrected chi connectivity index (χ1v) is 7.00. The van der Waals surface area contributed by atoms with E-state index in [9.17, 15) is 0 Å².